The first-order chi connectivity index (χ1) is 25.5. The smallest absolute Gasteiger partial charge is 0.388 e. The fourth-order valence-electron chi connectivity index (χ4n) is 9.05. The summed E-state index contributed by atoms with van der Waals surface area (Å²) >= 11 is 0. The van der Waals surface area contributed by atoms with Gasteiger partial charge in [-0.05, 0) is 123 Å². The molecule has 0 bridgehead atoms. The summed E-state index contributed by atoms with van der Waals surface area (Å²) < 4.78 is 8.38. The lowest BCUT2D eigenvalue weighted by atomic mass is 9.79. The van der Waals surface area contributed by atoms with Gasteiger partial charge in [0.05, 0.1) is 29.9 Å². The van der Waals surface area contributed by atoms with E-state index in [0.29, 0.717) is 55.1 Å². The number of hydrogen-bond acceptors (Lipinski definition) is 8. The van der Waals surface area contributed by atoms with Gasteiger partial charge in [0.15, 0.2) is 6.04 Å². The van der Waals surface area contributed by atoms with Crippen LogP contribution in [0.3, 0.4) is 0 Å². The van der Waals surface area contributed by atoms with Crippen LogP contribution in [0.15, 0.2) is 79.1 Å². The van der Waals surface area contributed by atoms with Gasteiger partial charge in [-0.25, -0.2) is 9.78 Å². The number of carbonyl (C=O) groups excluding carboxylic acids is 1. The second-order valence-electron chi connectivity index (χ2n) is 14.7. The minimum atomic E-state index is -0.221. The average molecular weight is 699 g/mol. The number of anilines is 1. The number of phenolic OH excluding ortho intramolecular Hbond substituents is 1. The Hall–Kier alpha value is -5.29. The lowest BCUT2D eigenvalue weighted by Gasteiger charge is -2.42. The van der Waals surface area contributed by atoms with Crippen molar-refractivity contribution in [3.8, 4) is 28.6 Å². The van der Waals surface area contributed by atoms with E-state index < -0.39 is 0 Å². The number of aliphatic hydroxyl groups excluding tert-OH is 1. The van der Waals surface area contributed by atoms with E-state index in [0.717, 1.165) is 67.1 Å². The number of hydrogen-bond donors (Lipinski definition) is 3. The molecule has 1 saturated carbocycles. The number of likely N-dealkylation sites (tertiary alicyclic amines) is 1. The summed E-state index contributed by atoms with van der Waals surface area (Å²) in [7, 11) is 0. The van der Waals surface area contributed by atoms with E-state index in [2.05, 4.69) is 59.9 Å². The Kier molecular flexibility index (Phi) is 8.58. The number of ether oxygens (including phenoxy) is 1. The van der Waals surface area contributed by atoms with Crippen LogP contribution in [0, 0.1) is 0 Å². The van der Waals surface area contributed by atoms with Gasteiger partial charge >= 0.3 is 11.8 Å². The lowest BCUT2D eigenvalue weighted by Crippen LogP contribution is -2.82. The molecule has 4 aliphatic rings. The normalized spacial score (nSPS) is 22.9. The number of aliphatic hydroxyl groups is 1. The van der Waals surface area contributed by atoms with Crippen LogP contribution in [0.4, 0.5) is 5.69 Å². The molecule has 1 atom stereocenters. The predicted molar refractivity (Wildman–Crippen MR) is 198 cm³/mol. The maximum atomic E-state index is 11.8. The SMILES string of the molecule is O=C1CCC(N2CCOc3c(C4CCC(N5CCC(c6ccnc(-n7ccc8nnc(-c9ccccc9O)cc87)c6)CC5)CC4)cccc32)C(O)=[NH+]1. The quantitative estimate of drug-likeness (QED) is 0.224. The van der Waals surface area contributed by atoms with Gasteiger partial charge < -0.3 is 24.7 Å². The van der Waals surface area contributed by atoms with Crippen molar-refractivity contribution in [3.05, 3.63) is 90.3 Å². The van der Waals surface area contributed by atoms with Gasteiger partial charge in [-0.2, -0.15) is 0 Å². The van der Waals surface area contributed by atoms with Crippen LogP contribution < -0.4 is 14.6 Å². The number of fused-ring (bicyclic) bond motifs is 2. The number of para-hydroxylation sites is 2. The highest BCUT2D eigenvalue weighted by atomic mass is 16.5. The van der Waals surface area contributed by atoms with Crippen LogP contribution in [-0.4, -0.2) is 85.0 Å². The Bertz CT molecular complexity index is 2150. The van der Waals surface area contributed by atoms with E-state index in [-0.39, 0.29) is 23.6 Å². The van der Waals surface area contributed by atoms with Crippen LogP contribution in [-0.2, 0) is 4.79 Å². The molecule has 0 spiro atoms. The van der Waals surface area contributed by atoms with Gasteiger partial charge in [-0.3, -0.25) is 4.57 Å². The Morgan fingerprint density at radius 2 is 1.67 bits per heavy atom. The summed E-state index contributed by atoms with van der Waals surface area (Å²) in [6.45, 7) is 3.45. The molecule has 2 fully saturated rings. The number of carbonyl (C=O) groups is 1. The highest BCUT2D eigenvalue weighted by molar-refractivity contribution is 5.87. The van der Waals surface area contributed by atoms with Gasteiger partial charge in [0.2, 0.25) is 0 Å². The number of nitrogens with one attached hydrogen (secondary N) is 1. The van der Waals surface area contributed by atoms with Gasteiger partial charge in [-0.1, -0.05) is 24.3 Å². The molecule has 52 heavy (non-hydrogen) atoms. The monoisotopic (exact) mass is 698 g/mol. The molecule has 11 heteroatoms. The van der Waals surface area contributed by atoms with Gasteiger partial charge in [0.25, 0.3) is 0 Å². The van der Waals surface area contributed by atoms with Crippen molar-refractivity contribution in [2.45, 2.75) is 75.3 Å². The lowest BCUT2D eigenvalue weighted by molar-refractivity contribution is -0.393. The molecule has 6 heterocycles. The Morgan fingerprint density at radius 3 is 2.50 bits per heavy atom. The molecule has 3 aromatic heterocycles. The summed E-state index contributed by atoms with van der Waals surface area (Å²) in [6, 6.07) is 22.3. The highest BCUT2D eigenvalue weighted by Crippen LogP contribution is 2.45. The first-order valence-corrected chi connectivity index (χ1v) is 18.7. The van der Waals surface area contributed by atoms with E-state index in [1.165, 1.54) is 24.0 Å². The highest BCUT2D eigenvalue weighted by Gasteiger charge is 2.38. The van der Waals surface area contributed by atoms with Crippen LogP contribution in [0.1, 0.15) is 74.3 Å². The van der Waals surface area contributed by atoms with Crippen molar-refractivity contribution in [3.63, 3.8) is 0 Å². The fraction of sp³-hybridized carbons (Fsp3) is 0.390. The van der Waals surface area contributed by atoms with Gasteiger partial charge in [0.1, 0.15) is 29.4 Å². The zero-order valence-corrected chi connectivity index (χ0v) is 29.2. The number of nitrogens with zero attached hydrogens (tertiary/aromatic N) is 6. The largest absolute Gasteiger partial charge is 0.507 e. The summed E-state index contributed by atoms with van der Waals surface area (Å²) in [5.74, 6) is 2.86. The second kappa shape index (κ2) is 13.7. The standard InChI is InChI=1S/C41H43N7O4/c49-37-7-2-1-4-31(37)33-25-36-32(44-45-33)17-21-48(36)38-24-28(14-18-42-38)26-15-19-46(20-16-26)29-10-8-27(9-11-29)30-5-3-6-34-40(30)52-23-22-47(34)35-12-13-39(50)43-41(35)51/h1-7,14,17-18,21,24-27,29,35,49H,8-13,15-16,19-20,22-23H2,(H,43,50,51)/p+1. The molecule has 2 aromatic carbocycles. The third-order valence-corrected chi connectivity index (χ3v) is 11.8. The topological polar surface area (TPSA) is 131 Å². The first kappa shape index (κ1) is 32.6. The summed E-state index contributed by atoms with van der Waals surface area (Å²) in [5.41, 5.74) is 6.59. The molecule has 3 N–H and O–H groups in total. The first-order valence-electron chi connectivity index (χ1n) is 18.7. The molecule has 1 saturated heterocycles. The number of phenols is 1. The minimum absolute atomic E-state index is 0.0492. The Labute approximate surface area is 302 Å². The second-order valence-corrected chi connectivity index (χ2v) is 14.7. The third kappa shape index (κ3) is 6.06. The van der Waals surface area contributed by atoms with E-state index in [1.54, 1.807) is 12.1 Å². The summed E-state index contributed by atoms with van der Waals surface area (Å²) in [4.78, 5) is 24.1. The number of amides is 1. The van der Waals surface area contributed by atoms with Crippen molar-refractivity contribution in [1.29, 1.82) is 0 Å². The van der Waals surface area contributed by atoms with Crippen LogP contribution >= 0.6 is 0 Å². The minimum Gasteiger partial charge on any atom is -0.507 e. The average Bonchev–Trinajstić information content (AvgIpc) is 3.62. The number of benzene rings is 2. The van der Waals surface area contributed by atoms with Crippen LogP contribution in [0.25, 0.3) is 28.1 Å². The van der Waals surface area contributed by atoms with Gasteiger partial charge in [0, 0.05) is 24.0 Å². The molecule has 1 amide bonds. The number of piperidine rings is 1. The maximum Gasteiger partial charge on any atom is 0.388 e. The van der Waals surface area contributed by atoms with Crippen LogP contribution in [0.2, 0.25) is 0 Å². The number of aromatic hydroxyl groups is 1. The van der Waals surface area contributed by atoms with E-state index in [1.807, 2.05) is 36.7 Å². The summed E-state index contributed by atoms with van der Waals surface area (Å²) in [5, 5.41) is 29.8. The van der Waals surface area contributed by atoms with Gasteiger partial charge in [-0.15, -0.1) is 15.2 Å². The molecule has 266 valence electrons. The molecular formula is C41H44N7O4+. The molecule has 1 aliphatic carbocycles. The molecule has 11 nitrogen and oxygen atoms in total. The zero-order chi connectivity index (χ0) is 35.2. The molecular weight excluding hydrogens is 654 g/mol. The van der Waals surface area contributed by atoms with Crippen molar-refractivity contribution in [2.75, 3.05) is 31.1 Å². The van der Waals surface area contributed by atoms with E-state index in [4.69, 9.17) is 9.72 Å². The molecule has 3 aliphatic heterocycles. The Balaban J connectivity index is 0.843. The van der Waals surface area contributed by atoms with E-state index >= 15 is 0 Å². The Morgan fingerprint density at radius 1 is 0.827 bits per heavy atom. The molecule has 0 radical (unpaired) electrons. The maximum absolute atomic E-state index is 11.8. The number of aromatic nitrogens is 4. The van der Waals surface area contributed by atoms with Crippen molar-refractivity contribution in [2.24, 2.45) is 0 Å². The predicted octanol–water partition coefficient (Wildman–Crippen LogP) is 5.02. The number of pyridine rings is 1. The zero-order valence-electron chi connectivity index (χ0n) is 29.2. The van der Waals surface area contributed by atoms with Crippen molar-refractivity contribution >= 4 is 28.5 Å². The van der Waals surface area contributed by atoms with Crippen molar-refractivity contribution in [1.82, 2.24) is 24.6 Å². The van der Waals surface area contributed by atoms with Crippen LogP contribution in [0.5, 0.6) is 11.5 Å². The fourth-order valence-corrected chi connectivity index (χ4v) is 9.05. The third-order valence-electron chi connectivity index (χ3n) is 11.8. The molecule has 9 rings (SSSR count). The molecule has 1 unspecified atom stereocenters. The van der Waals surface area contributed by atoms with E-state index in [9.17, 15) is 15.0 Å². The number of rotatable bonds is 6. The summed E-state index contributed by atoms with van der Waals surface area (Å²) in [6.07, 6.45) is 11.8. The van der Waals surface area contributed by atoms with Crippen molar-refractivity contribution < 1.29 is 24.7 Å². The molecule has 5 aromatic rings.